The summed E-state index contributed by atoms with van der Waals surface area (Å²) in [5.41, 5.74) is 3.06. The lowest BCUT2D eigenvalue weighted by Gasteiger charge is -2.16. The first-order valence-electron chi connectivity index (χ1n) is 6.77. The molecule has 102 valence electrons. The molecule has 20 heavy (non-hydrogen) atoms. The van der Waals surface area contributed by atoms with Crippen molar-refractivity contribution in [3.05, 3.63) is 42.7 Å². The van der Waals surface area contributed by atoms with Crippen LogP contribution in [0.1, 0.15) is 20.8 Å². The molecule has 3 rings (SSSR count). The van der Waals surface area contributed by atoms with E-state index in [1.165, 1.54) is 0 Å². The Morgan fingerprint density at radius 1 is 1.15 bits per heavy atom. The molecule has 4 heteroatoms. The Morgan fingerprint density at radius 2 is 1.95 bits per heavy atom. The Kier molecular flexibility index (Phi) is 3.01. The number of pyridine rings is 1. The third kappa shape index (κ3) is 2.69. The Hall–Kier alpha value is -2.23. The highest BCUT2D eigenvalue weighted by Crippen LogP contribution is 2.22. The third-order valence-electron chi connectivity index (χ3n) is 3.06. The van der Waals surface area contributed by atoms with Crippen LogP contribution in [0.3, 0.4) is 0 Å². The maximum absolute atomic E-state index is 4.46. The van der Waals surface area contributed by atoms with Gasteiger partial charge in [0.25, 0.3) is 0 Å². The van der Waals surface area contributed by atoms with E-state index >= 15 is 0 Å². The second-order valence-electron chi connectivity index (χ2n) is 6.28. The second-order valence-corrected chi connectivity index (χ2v) is 6.28. The largest absolute Gasteiger partial charge is 0.256 e. The Bertz CT molecular complexity index is 737. The maximum atomic E-state index is 4.46. The van der Waals surface area contributed by atoms with E-state index in [1.807, 2.05) is 35.3 Å². The molecule has 0 saturated carbocycles. The zero-order valence-corrected chi connectivity index (χ0v) is 12.0. The number of benzene rings is 1. The minimum Gasteiger partial charge on any atom is -0.256 e. The molecule has 0 amide bonds. The fourth-order valence-electron chi connectivity index (χ4n) is 2.21. The minimum atomic E-state index is 0.187. The van der Waals surface area contributed by atoms with Crippen molar-refractivity contribution in [3.8, 4) is 11.3 Å². The summed E-state index contributed by atoms with van der Waals surface area (Å²) in [7, 11) is 0. The van der Waals surface area contributed by atoms with Crippen LogP contribution in [0, 0.1) is 5.41 Å². The van der Waals surface area contributed by atoms with Crippen LogP contribution >= 0.6 is 0 Å². The van der Waals surface area contributed by atoms with Crippen molar-refractivity contribution in [2.75, 3.05) is 0 Å². The number of hydrogen-bond acceptors (Lipinski definition) is 3. The van der Waals surface area contributed by atoms with Crippen molar-refractivity contribution in [2.45, 2.75) is 27.3 Å². The normalized spacial score (nSPS) is 11.9. The molecule has 3 aromatic rings. The number of nitrogens with zero attached hydrogens (tertiary/aromatic N) is 4. The van der Waals surface area contributed by atoms with E-state index < -0.39 is 0 Å². The lowest BCUT2D eigenvalue weighted by atomic mass is 9.97. The summed E-state index contributed by atoms with van der Waals surface area (Å²) in [5.74, 6) is 0. The first-order chi connectivity index (χ1) is 9.51. The molecule has 0 aliphatic carbocycles. The van der Waals surface area contributed by atoms with E-state index in [9.17, 15) is 0 Å². The monoisotopic (exact) mass is 266 g/mol. The minimum absolute atomic E-state index is 0.187. The van der Waals surface area contributed by atoms with Gasteiger partial charge in [-0.15, -0.1) is 5.10 Å². The van der Waals surface area contributed by atoms with Gasteiger partial charge in [0.1, 0.15) is 5.69 Å². The Morgan fingerprint density at radius 3 is 2.75 bits per heavy atom. The number of fused-ring (bicyclic) bond motifs is 1. The van der Waals surface area contributed by atoms with E-state index in [2.05, 4.69) is 48.2 Å². The standard InChI is InChI=1S/C16H18N4/c1-16(2,3)11-20-10-15(18-19-20)13-8-12-6-4-5-7-14(12)17-9-13/h4-10H,11H2,1-3H3. The average Bonchev–Trinajstić information content (AvgIpc) is 2.84. The summed E-state index contributed by atoms with van der Waals surface area (Å²) in [6.45, 7) is 7.41. The molecule has 1 aromatic carbocycles. The molecule has 0 aliphatic heterocycles. The summed E-state index contributed by atoms with van der Waals surface area (Å²) in [6.07, 6.45) is 3.84. The van der Waals surface area contributed by atoms with Gasteiger partial charge in [0, 0.05) is 23.7 Å². The van der Waals surface area contributed by atoms with Gasteiger partial charge in [0.2, 0.25) is 0 Å². The predicted molar refractivity (Wildman–Crippen MR) is 80.2 cm³/mol. The summed E-state index contributed by atoms with van der Waals surface area (Å²) in [6, 6.07) is 10.2. The highest BCUT2D eigenvalue weighted by atomic mass is 15.4. The number of hydrogen-bond donors (Lipinski definition) is 0. The van der Waals surface area contributed by atoms with Gasteiger partial charge in [-0.3, -0.25) is 9.67 Å². The molecule has 0 bridgehead atoms. The van der Waals surface area contributed by atoms with E-state index in [-0.39, 0.29) is 5.41 Å². The summed E-state index contributed by atoms with van der Waals surface area (Å²) in [5, 5.41) is 9.57. The van der Waals surface area contributed by atoms with E-state index in [1.54, 1.807) is 0 Å². The smallest absolute Gasteiger partial charge is 0.114 e. The van der Waals surface area contributed by atoms with Gasteiger partial charge in [0.05, 0.1) is 11.7 Å². The molecular formula is C16H18N4. The molecule has 4 nitrogen and oxygen atoms in total. The van der Waals surface area contributed by atoms with Crippen LogP contribution in [0.2, 0.25) is 0 Å². The van der Waals surface area contributed by atoms with E-state index in [0.29, 0.717) is 0 Å². The summed E-state index contributed by atoms with van der Waals surface area (Å²) >= 11 is 0. The Labute approximate surface area is 118 Å². The first kappa shape index (κ1) is 12.8. The van der Waals surface area contributed by atoms with Crippen molar-refractivity contribution in [2.24, 2.45) is 5.41 Å². The van der Waals surface area contributed by atoms with Crippen LogP contribution in [0.4, 0.5) is 0 Å². The third-order valence-corrected chi connectivity index (χ3v) is 3.06. The van der Waals surface area contributed by atoms with Crippen molar-refractivity contribution in [3.63, 3.8) is 0 Å². The predicted octanol–water partition coefficient (Wildman–Crippen LogP) is 3.54. The van der Waals surface area contributed by atoms with Crippen molar-refractivity contribution in [1.29, 1.82) is 0 Å². The van der Waals surface area contributed by atoms with Crippen LogP contribution < -0.4 is 0 Å². The fraction of sp³-hybridized carbons (Fsp3) is 0.312. The zero-order chi connectivity index (χ0) is 14.2. The molecular weight excluding hydrogens is 248 g/mol. The van der Waals surface area contributed by atoms with Gasteiger partial charge in [-0.2, -0.15) is 0 Å². The molecule has 0 spiro atoms. The number of rotatable bonds is 2. The molecule has 0 saturated heterocycles. The van der Waals surface area contributed by atoms with E-state index in [0.717, 1.165) is 28.7 Å². The van der Waals surface area contributed by atoms with Gasteiger partial charge in [-0.25, -0.2) is 0 Å². The molecule has 0 unspecified atom stereocenters. The van der Waals surface area contributed by atoms with Crippen LogP contribution in [0.5, 0.6) is 0 Å². The Balaban J connectivity index is 1.95. The van der Waals surface area contributed by atoms with Gasteiger partial charge < -0.3 is 0 Å². The lowest BCUT2D eigenvalue weighted by Crippen LogP contribution is -2.15. The highest BCUT2D eigenvalue weighted by molar-refractivity contribution is 5.82. The van der Waals surface area contributed by atoms with E-state index in [4.69, 9.17) is 0 Å². The maximum Gasteiger partial charge on any atom is 0.114 e. The van der Waals surface area contributed by atoms with Crippen LogP contribution in [-0.4, -0.2) is 20.0 Å². The zero-order valence-electron chi connectivity index (χ0n) is 12.0. The summed E-state index contributed by atoms with van der Waals surface area (Å²) in [4.78, 5) is 4.46. The molecule has 0 N–H and O–H groups in total. The lowest BCUT2D eigenvalue weighted by molar-refractivity contribution is 0.321. The quantitative estimate of drug-likeness (QED) is 0.712. The number of aromatic nitrogens is 4. The van der Waals surface area contributed by atoms with Crippen molar-refractivity contribution in [1.82, 2.24) is 20.0 Å². The van der Waals surface area contributed by atoms with Crippen LogP contribution in [0.15, 0.2) is 42.7 Å². The molecule has 0 atom stereocenters. The second kappa shape index (κ2) is 4.71. The topological polar surface area (TPSA) is 43.6 Å². The molecule has 0 radical (unpaired) electrons. The molecule has 2 heterocycles. The van der Waals surface area contributed by atoms with Crippen molar-refractivity contribution < 1.29 is 0 Å². The molecule has 0 fully saturated rings. The van der Waals surface area contributed by atoms with Gasteiger partial charge in [0.15, 0.2) is 0 Å². The SMILES string of the molecule is CC(C)(C)Cn1cc(-c2cnc3ccccc3c2)nn1. The fourth-order valence-corrected chi connectivity index (χ4v) is 2.21. The van der Waals surface area contributed by atoms with Crippen LogP contribution in [-0.2, 0) is 6.54 Å². The van der Waals surface area contributed by atoms with Gasteiger partial charge in [-0.1, -0.05) is 44.2 Å². The number of para-hydroxylation sites is 1. The molecule has 0 aliphatic rings. The average molecular weight is 266 g/mol. The van der Waals surface area contributed by atoms with Crippen LogP contribution in [0.25, 0.3) is 22.2 Å². The molecule has 2 aromatic heterocycles. The highest BCUT2D eigenvalue weighted by Gasteiger charge is 2.13. The first-order valence-corrected chi connectivity index (χ1v) is 6.77. The van der Waals surface area contributed by atoms with Gasteiger partial charge in [-0.05, 0) is 17.5 Å². The van der Waals surface area contributed by atoms with Gasteiger partial charge >= 0.3 is 0 Å². The van der Waals surface area contributed by atoms with Crippen molar-refractivity contribution >= 4 is 10.9 Å². The summed E-state index contributed by atoms with van der Waals surface area (Å²) < 4.78 is 1.89.